The Balaban J connectivity index is 1.58. The second kappa shape index (κ2) is 8.22. The van der Waals surface area contributed by atoms with E-state index in [0.29, 0.717) is 18.2 Å². The lowest BCUT2D eigenvalue weighted by Gasteiger charge is -2.15. The molecular weight excluding hydrogens is 336 g/mol. The molecule has 0 saturated carbocycles. The largest absolute Gasteiger partial charge is 0.355 e. The molecule has 0 aromatic carbocycles. The highest BCUT2D eigenvalue weighted by molar-refractivity contribution is 5.75. The van der Waals surface area contributed by atoms with E-state index in [4.69, 9.17) is 4.52 Å². The van der Waals surface area contributed by atoms with Crippen molar-refractivity contribution in [1.29, 1.82) is 0 Å². The minimum absolute atomic E-state index is 0.0745. The van der Waals surface area contributed by atoms with E-state index in [2.05, 4.69) is 25.3 Å². The van der Waals surface area contributed by atoms with E-state index in [0.717, 1.165) is 19.6 Å². The van der Waals surface area contributed by atoms with Crippen LogP contribution >= 0.6 is 0 Å². The quantitative estimate of drug-likeness (QED) is 0.767. The van der Waals surface area contributed by atoms with Crippen LogP contribution in [0.5, 0.6) is 0 Å². The summed E-state index contributed by atoms with van der Waals surface area (Å²) in [5.74, 6) is 1.06. The average Bonchev–Trinajstić information content (AvgIpc) is 3.26. The van der Waals surface area contributed by atoms with Gasteiger partial charge in [-0.1, -0.05) is 5.16 Å². The van der Waals surface area contributed by atoms with Crippen LogP contribution in [-0.4, -0.2) is 56.7 Å². The van der Waals surface area contributed by atoms with Gasteiger partial charge in [-0.05, 0) is 39.8 Å². The van der Waals surface area contributed by atoms with Gasteiger partial charge in [-0.3, -0.25) is 14.2 Å². The summed E-state index contributed by atoms with van der Waals surface area (Å²) in [7, 11) is 0. The number of aromatic nitrogens is 4. The van der Waals surface area contributed by atoms with Crippen molar-refractivity contribution in [3.8, 4) is 11.5 Å². The lowest BCUT2D eigenvalue weighted by molar-refractivity contribution is -0.121. The maximum atomic E-state index is 12.7. The molecule has 3 rings (SSSR count). The fraction of sp³-hybridized carbons (Fsp3) is 0.588. The highest BCUT2D eigenvalue weighted by Crippen LogP contribution is 2.11. The highest BCUT2D eigenvalue weighted by Gasteiger charge is 2.16. The van der Waals surface area contributed by atoms with Crippen LogP contribution in [0.25, 0.3) is 11.5 Å². The molecule has 0 radical (unpaired) electrons. The first kappa shape index (κ1) is 18.2. The summed E-state index contributed by atoms with van der Waals surface area (Å²) in [6, 6.07) is 0. The molecule has 1 amide bonds. The van der Waals surface area contributed by atoms with E-state index in [-0.39, 0.29) is 35.9 Å². The summed E-state index contributed by atoms with van der Waals surface area (Å²) in [5.41, 5.74) is -0.0448. The molecule has 1 saturated heterocycles. The predicted octanol–water partition coefficient (Wildman–Crippen LogP) is 0.512. The van der Waals surface area contributed by atoms with Gasteiger partial charge in [-0.15, -0.1) is 0 Å². The van der Waals surface area contributed by atoms with Crippen molar-refractivity contribution in [1.82, 2.24) is 29.9 Å². The van der Waals surface area contributed by atoms with Crippen LogP contribution in [-0.2, 0) is 11.3 Å². The molecule has 1 fully saturated rings. The number of rotatable bonds is 7. The highest BCUT2D eigenvalue weighted by atomic mass is 16.5. The normalized spacial score (nSPS) is 14.7. The zero-order chi connectivity index (χ0) is 18.5. The van der Waals surface area contributed by atoms with Crippen LogP contribution in [0, 0.1) is 13.8 Å². The van der Waals surface area contributed by atoms with Crippen molar-refractivity contribution in [3.05, 3.63) is 28.2 Å². The SMILES string of the molecule is Cc1noc(-c2cnc(C)n(CCC(=O)NCCN3CCCC3)c2=O)n1. The maximum Gasteiger partial charge on any atom is 0.266 e. The second-order valence-corrected chi connectivity index (χ2v) is 6.47. The number of carbonyl (C=O) groups excluding carboxylic acids is 1. The van der Waals surface area contributed by atoms with Crippen molar-refractivity contribution in [3.63, 3.8) is 0 Å². The van der Waals surface area contributed by atoms with Gasteiger partial charge in [-0.25, -0.2) is 4.98 Å². The molecule has 26 heavy (non-hydrogen) atoms. The van der Waals surface area contributed by atoms with Gasteiger partial charge in [0.05, 0.1) is 0 Å². The molecule has 0 aliphatic carbocycles. The summed E-state index contributed by atoms with van der Waals surface area (Å²) in [4.78, 5) is 35.3. The smallest absolute Gasteiger partial charge is 0.266 e. The molecular formula is C17H24N6O3. The van der Waals surface area contributed by atoms with Crippen molar-refractivity contribution in [2.75, 3.05) is 26.2 Å². The molecule has 1 aliphatic rings. The molecule has 1 N–H and O–H groups in total. The molecule has 1 aliphatic heterocycles. The van der Waals surface area contributed by atoms with Crippen LogP contribution < -0.4 is 10.9 Å². The van der Waals surface area contributed by atoms with Gasteiger partial charge in [0.1, 0.15) is 11.4 Å². The van der Waals surface area contributed by atoms with Crippen molar-refractivity contribution < 1.29 is 9.32 Å². The Morgan fingerprint density at radius 1 is 1.27 bits per heavy atom. The summed E-state index contributed by atoms with van der Waals surface area (Å²) in [6.45, 7) is 7.39. The zero-order valence-electron chi connectivity index (χ0n) is 15.2. The summed E-state index contributed by atoms with van der Waals surface area (Å²) in [5, 5.41) is 6.61. The molecule has 9 nitrogen and oxygen atoms in total. The Bertz CT molecular complexity index is 822. The Labute approximate surface area is 151 Å². The Hall–Kier alpha value is -2.55. The number of carbonyl (C=O) groups is 1. The van der Waals surface area contributed by atoms with E-state index in [1.54, 1.807) is 13.8 Å². The first-order chi connectivity index (χ1) is 12.5. The Kier molecular flexibility index (Phi) is 5.77. The minimum Gasteiger partial charge on any atom is -0.355 e. The molecule has 140 valence electrons. The fourth-order valence-corrected chi connectivity index (χ4v) is 3.05. The molecule has 0 unspecified atom stereocenters. The second-order valence-electron chi connectivity index (χ2n) is 6.47. The van der Waals surface area contributed by atoms with Crippen molar-refractivity contribution in [2.24, 2.45) is 0 Å². The number of likely N-dealkylation sites (tertiary alicyclic amines) is 1. The monoisotopic (exact) mass is 360 g/mol. The molecule has 0 atom stereocenters. The number of hydrogen-bond donors (Lipinski definition) is 1. The fourth-order valence-electron chi connectivity index (χ4n) is 3.05. The van der Waals surface area contributed by atoms with Gasteiger partial charge in [-0.2, -0.15) is 4.98 Å². The number of aryl methyl sites for hydroxylation is 2. The molecule has 2 aromatic heterocycles. The third-order valence-corrected chi connectivity index (χ3v) is 4.52. The van der Waals surface area contributed by atoms with E-state index in [1.165, 1.54) is 23.6 Å². The predicted molar refractivity (Wildman–Crippen MR) is 94.6 cm³/mol. The standard InChI is InChI=1S/C17H24N6O3/c1-12-20-16(26-21-12)14-11-19-13(2)23(17(14)25)9-5-15(24)18-6-10-22-7-3-4-8-22/h11H,3-10H2,1-2H3,(H,18,24). The third kappa shape index (κ3) is 4.34. The van der Waals surface area contributed by atoms with Gasteiger partial charge in [0.25, 0.3) is 11.4 Å². The summed E-state index contributed by atoms with van der Waals surface area (Å²) >= 11 is 0. The van der Waals surface area contributed by atoms with Crippen molar-refractivity contribution in [2.45, 2.75) is 39.7 Å². The minimum atomic E-state index is -0.286. The van der Waals surface area contributed by atoms with Gasteiger partial charge < -0.3 is 14.7 Å². The van der Waals surface area contributed by atoms with Crippen LogP contribution in [0.4, 0.5) is 0 Å². The zero-order valence-corrected chi connectivity index (χ0v) is 15.2. The lowest BCUT2D eigenvalue weighted by Crippen LogP contribution is -2.34. The number of hydrogen-bond acceptors (Lipinski definition) is 7. The van der Waals surface area contributed by atoms with Crippen molar-refractivity contribution >= 4 is 5.91 Å². The Morgan fingerprint density at radius 3 is 2.73 bits per heavy atom. The Morgan fingerprint density at radius 2 is 2.04 bits per heavy atom. The summed E-state index contributed by atoms with van der Waals surface area (Å²) < 4.78 is 6.52. The van der Waals surface area contributed by atoms with Gasteiger partial charge >= 0.3 is 0 Å². The lowest BCUT2D eigenvalue weighted by atomic mass is 10.3. The molecule has 2 aromatic rings. The van der Waals surface area contributed by atoms with Crippen LogP contribution in [0.3, 0.4) is 0 Å². The van der Waals surface area contributed by atoms with E-state index >= 15 is 0 Å². The number of nitrogens with zero attached hydrogens (tertiary/aromatic N) is 5. The van der Waals surface area contributed by atoms with E-state index in [1.807, 2.05) is 0 Å². The van der Waals surface area contributed by atoms with E-state index < -0.39 is 0 Å². The average molecular weight is 360 g/mol. The molecule has 0 spiro atoms. The van der Waals surface area contributed by atoms with Crippen LogP contribution in [0.1, 0.15) is 30.9 Å². The summed E-state index contributed by atoms with van der Waals surface area (Å²) in [6.07, 6.45) is 4.12. The third-order valence-electron chi connectivity index (χ3n) is 4.52. The van der Waals surface area contributed by atoms with Crippen LogP contribution in [0.15, 0.2) is 15.5 Å². The first-order valence-electron chi connectivity index (χ1n) is 8.91. The number of amides is 1. The maximum absolute atomic E-state index is 12.7. The van der Waals surface area contributed by atoms with Gasteiger partial charge in [0.15, 0.2) is 5.82 Å². The molecule has 0 bridgehead atoms. The van der Waals surface area contributed by atoms with Crippen LogP contribution in [0.2, 0.25) is 0 Å². The van der Waals surface area contributed by atoms with E-state index in [9.17, 15) is 9.59 Å². The number of nitrogens with one attached hydrogen (secondary N) is 1. The van der Waals surface area contributed by atoms with Gasteiger partial charge in [0, 0.05) is 32.3 Å². The van der Waals surface area contributed by atoms with Gasteiger partial charge in [0.2, 0.25) is 5.91 Å². The molecule has 9 heteroatoms. The topological polar surface area (TPSA) is 106 Å². The first-order valence-corrected chi connectivity index (χ1v) is 8.91. The molecule has 3 heterocycles.